The van der Waals surface area contributed by atoms with Gasteiger partial charge in [-0.15, -0.1) is 0 Å². The minimum Gasteiger partial charge on any atom is -0.330 e. The summed E-state index contributed by atoms with van der Waals surface area (Å²) in [5.41, 5.74) is 5.78. The molecule has 5 heteroatoms. The minimum absolute atomic E-state index is 0.112. The zero-order valence-electron chi connectivity index (χ0n) is 11.9. The fraction of sp³-hybridized carbons (Fsp3) is 1.00. The fourth-order valence-electron chi connectivity index (χ4n) is 2.68. The number of nitrogens with two attached hydrogens (primary N) is 1. The Morgan fingerprint density at radius 3 is 2.44 bits per heavy atom. The van der Waals surface area contributed by atoms with Crippen LogP contribution < -0.4 is 5.73 Å². The number of hydrogen-bond acceptors (Lipinski definition) is 3. The lowest BCUT2D eigenvalue weighted by molar-refractivity contribution is 0.204. The molecular formula is C13H28N2O2S. The van der Waals surface area contributed by atoms with Crippen LogP contribution in [0.4, 0.5) is 0 Å². The van der Waals surface area contributed by atoms with E-state index in [-0.39, 0.29) is 11.8 Å². The van der Waals surface area contributed by atoms with Crippen molar-refractivity contribution in [1.82, 2.24) is 4.31 Å². The molecule has 0 aromatic rings. The van der Waals surface area contributed by atoms with Crippen molar-refractivity contribution in [3.63, 3.8) is 0 Å². The predicted octanol–water partition coefficient (Wildman–Crippen LogP) is 1.81. The van der Waals surface area contributed by atoms with E-state index in [4.69, 9.17) is 5.73 Å². The second-order valence-electron chi connectivity index (χ2n) is 5.86. The van der Waals surface area contributed by atoms with Gasteiger partial charge in [0.15, 0.2) is 0 Å². The van der Waals surface area contributed by atoms with Gasteiger partial charge in [0.05, 0.1) is 5.75 Å². The Kier molecular flexibility index (Phi) is 6.08. The lowest BCUT2D eigenvalue weighted by Gasteiger charge is -2.36. The van der Waals surface area contributed by atoms with Crippen LogP contribution in [0.5, 0.6) is 0 Å². The first-order chi connectivity index (χ1) is 8.38. The smallest absolute Gasteiger partial charge is 0.214 e. The van der Waals surface area contributed by atoms with Crippen LogP contribution >= 0.6 is 0 Å². The molecule has 1 saturated carbocycles. The molecule has 1 aliphatic carbocycles. The summed E-state index contributed by atoms with van der Waals surface area (Å²) in [6.07, 6.45) is 5.04. The first-order valence-electron chi connectivity index (χ1n) is 7.04. The van der Waals surface area contributed by atoms with E-state index in [0.717, 1.165) is 25.7 Å². The third kappa shape index (κ3) is 4.21. The summed E-state index contributed by atoms with van der Waals surface area (Å²) in [4.78, 5) is 0. The average molecular weight is 276 g/mol. The second kappa shape index (κ2) is 6.87. The van der Waals surface area contributed by atoms with Gasteiger partial charge in [-0.3, -0.25) is 0 Å². The van der Waals surface area contributed by atoms with E-state index in [1.54, 1.807) is 11.4 Å². The predicted molar refractivity (Wildman–Crippen MR) is 75.8 cm³/mol. The molecule has 0 saturated heterocycles. The van der Waals surface area contributed by atoms with Crippen LogP contribution in [-0.2, 0) is 10.0 Å². The maximum absolute atomic E-state index is 12.3. The Hall–Kier alpha value is -0.130. The highest BCUT2D eigenvalue weighted by molar-refractivity contribution is 7.89. The third-order valence-corrected chi connectivity index (χ3v) is 5.93. The summed E-state index contributed by atoms with van der Waals surface area (Å²) < 4.78 is 26.2. The van der Waals surface area contributed by atoms with Crippen LogP contribution in [0.2, 0.25) is 0 Å². The number of rotatable bonds is 6. The van der Waals surface area contributed by atoms with E-state index in [2.05, 4.69) is 13.8 Å². The summed E-state index contributed by atoms with van der Waals surface area (Å²) >= 11 is 0. The molecule has 0 amide bonds. The molecule has 0 aromatic carbocycles. The molecule has 0 aliphatic heterocycles. The third-order valence-electron chi connectivity index (χ3n) is 4.03. The number of nitrogens with zero attached hydrogens (tertiary/aromatic N) is 1. The van der Waals surface area contributed by atoms with Gasteiger partial charge in [0.2, 0.25) is 10.0 Å². The number of sulfonamides is 1. The number of hydrogen-bond donors (Lipinski definition) is 1. The van der Waals surface area contributed by atoms with Crippen molar-refractivity contribution in [2.75, 3.05) is 19.3 Å². The summed E-state index contributed by atoms with van der Waals surface area (Å²) in [5.74, 6) is 1.01. The fourth-order valence-corrected chi connectivity index (χ4v) is 4.42. The van der Waals surface area contributed by atoms with E-state index in [1.807, 2.05) is 0 Å². The highest BCUT2D eigenvalue weighted by Crippen LogP contribution is 2.29. The minimum atomic E-state index is -3.12. The van der Waals surface area contributed by atoms with Crippen molar-refractivity contribution in [3.05, 3.63) is 0 Å². The topological polar surface area (TPSA) is 63.4 Å². The van der Waals surface area contributed by atoms with Crippen LogP contribution in [0.1, 0.15) is 46.0 Å². The molecule has 2 atom stereocenters. The molecule has 2 N–H and O–H groups in total. The molecule has 0 radical (unpaired) electrons. The molecule has 1 fully saturated rings. The molecule has 18 heavy (non-hydrogen) atoms. The largest absolute Gasteiger partial charge is 0.330 e. The van der Waals surface area contributed by atoms with Crippen molar-refractivity contribution in [2.24, 2.45) is 17.6 Å². The Balaban J connectivity index is 2.68. The maximum Gasteiger partial charge on any atom is 0.214 e. The van der Waals surface area contributed by atoms with Gasteiger partial charge in [0, 0.05) is 13.1 Å². The van der Waals surface area contributed by atoms with E-state index >= 15 is 0 Å². The van der Waals surface area contributed by atoms with Crippen LogP contribution in [0.3, 0.4) is 0 Å². The van der Waals surface area contributed by atoms with Gasteiger partial charge >= 0.3 is 0 Å². The van der Waals surface area contributed by atoms with Gasteiger partial charge in [-0.05, 0) is 37.6 Å². The van der Waals surface area contributed by atoms with Crippen molar-refractivity contribution in [3.8, 4) is 0 Å². The standard InChI is InChI=1S/C13H28N2O2S/c1-11(2)8-9-18(16,17)15(3)13-7-5-4-6-12(13)10-14/h11-13H,4-10,14H2,1-3H3. The lowest BCUT2D eigenvalue weighted by atomic mass is 9.85. The van der Waals surface area contributed by atoms with Crippen molar-refractivity contribution in [2.45, 2.75) is 52.0 Å². The average Bonchev–Trinajstić information content (AvgIpc) is 2.35. The van der Waals surface area contributed by atoms with E-state index in [0.29, 0.717) is 18.4 Å². The normalized spacial score (nSPS) is 25.9. The molecule has 0 bridgehead atoms. The van der Waals surface area contributed by atoms with Gasteiger partial charge in [-0.2, -0.15) is 0 Å². The van der Waals surface area contributed by atoms with Gasteiger partial charge in [-0.1, -0.05) is 26.7 Å². The van der Waals surface area contributed by atoms with Crippen molar-refractivity contribution in [1.29, 1.82) is 0 Å². The molecular weight excluding hydrogens is 248 g/mol. The first-order valence-corrected chi connectivity index (χ1v) is 8.65. The van der Waals surface area contributed by atoms with E-state index in [9.17, 15) is 8.42 Å². The van der Waals surface area contributed by atoms with Gasteiger partial charge in [-0.25, -0.2) is 12.7 Å². The van der Waals surface area contributed by atoms with Gasteiger partial charge in [0.1, 0.15) is 0 Å². The van der Waals surface area contributed by atoms with Crippen LogP contribution in [-0.4, -0.2) is 38.1 Å². The summed E-state index contributed by atoms with van der Waals surface area (Å²) in [7, 11) is -1.39. The Bertz CT molecular complexity index is 341. The second-order valence-corrected chi connectivity index (χ2v) is 8.01. The van der Waals surface area contributed by atoms with Gasteiger partial charge in [0.25, 0.3) is 0 Å². The molecule has 1 rings (SSSR count). The zero-order valence-corrected chi connectivity index (χ0v) is 12.7. The maximum atomic E-state index is 12.3. The lowest BCUT2D eigenvalue weighted by Crippen LogP contribution is -2.46. The highest BCUT2D eigenvalue weighted by Gasteiger charge is 2.33. The summed E-state index contributed by atoms with van der Waals surface area (Å²) in [6, 6.07) is 0.112. The van der Waals surface area contributed by atoms with Crippen LogP contribution in [0.15, 0.2) is 0 Å². The van der Waals surface area contributed by atoms with Crippen molar-refractivity contribution < 1.29 is 8.42 Å². The zero-order chi connectivity index (χ0) is 13.8. The molecule has 108 valence electrons. The first kappa shape index (κ1) is 15.9. The van der Waals surface area contributed by atoms with Crippen LogP contribution in [0, 0.1) is 11.8 Å². The monoisotopic (exact) mass is 276 g/mol. The Morgan fingerprint density at radius 2 is 1.89 bits per heavy atom. The Labute approximate surface area is 112 Å². The molecule has 0 aromatic heterocycles. The quantitative estimate of drug-likeness (QED) is 0.805. The molecule has 1 aliphatic rings. The molecule has 2 unspecified atom stereocenters. The van der Waals surface area contributed by atoms with Gasteiger partial charge < -0.3 is 5.73 Å². The molecule has 0 heterocycles. The summed E-state index contributed by atoms with van der Waals surface area (Å²) in [5, 5.41) is 0. The molecule has 0 spiro atoms. The molecule has 4 nitrogen and oxygen atoms in total. The highest BCUT2D eigenvalue weighted by atomic mass is 32.2. The SMILES string of the molecule is CC(C)CCS(=O)(=O)N(C)C1CCCCC1CN. The summed E-state index contributed by atoms with van der Waals surface area (Å²) in [6.45, 7) is 4.70. The van der Waals surface area contributed by atoms with Crippen molar-refractivity contribution >= 4 is 10.0 Å². The van der Waals surface area contributed by atoms with Crippen LogP contribution in [0.25, 0.3) is 0 Å². The Morgan fingerprint density at radius 1 is 1.28 bits per heavy atom. The van der Waals surface area contributed by atoms with E-state index in [1.165, 1.54) is 6.42 Å². The van der Waals surface area contributed by atoms with E-state index < -0.39 is 10.0 Å².